The maximum atomic E-state index is 13.0. The minimum absolute atomic E-state index is 0.0162. The number of hydrogen-bond acceptors (Lipinski definition) is 5. The monoisotopic (exact) mass is 387 g/mol. The molecule has 3 aromatic rings. The van der Waals surface area contributed by atoms with Gasteiger partial charge in [-0.3, -0.25) is 14.7 Å². The molecule has 1 aliphatic rings. The molecule has 8 heteroatoms. The Bertz CT molecular complexity index is 987. The first-order chi connectivity index (χ1) is 13.0. The third-order valence-electron chi connectivity index (χ3n) is 4.80. The molecule has 4 rings (SSSR count). The third kappa shape index (κ3) is 3.64. The van der Waals surface area contributed by atoms with Crippen LogP contribution >= 0.6 is 11.6 Å². The van der Waals surface area contributed by atoms with E-state index in [0.717, 1.165) is 21.8 Å². The maximum absolute atomic E-state index is 13.0. The van der Waals surface area contributed by atoms with E-state index >= 15 is 0 Å². The predicted octanol–water partition coefficient (Wildman–Crippen LogP) is 2.36. The lowest BCUT2D eigenvalue weighted by atomic mass is 10.1. The molecular weight excluding hydrogens is 366 g/mol. The van der Waals surface area contributed by atoms with E-state index in [1.54, 1.807) is 18.5 Å². The number of benzene rings is 1. The number of nitrogens with two attached hydrogens (primary N) is 1. The van der Waals surface area contributed by atoms with Crippen LogP contribution in [0.25, 0.3) is 21.8 Å². The summed E-state index contributed by atoms with van der Waals surface area (Å²) in [6.07, 6.45) is 3.49. The van der Waals surface area contributed by atoms with Gasteiger partial charge < -0.3 is 20.8 Å². The van der Waals surface area contributed by atoms with Gasteiger partial charge in [-0.2, -0.15) is 0 Å². The number of H-pyrrole nitrogens is 1. The van der Waals surface area contributed by atoms with Crippen molar-refractivity contribution < 1.29 is 9.53 Å². The van der Waals surface area contributed by atoms with E-state index in [1.807, 2.05) is 19.1 Å². The maximum Gasteiger partial charge on any atom is 0.244 e. The minimum Gasteiger partial charge on any atom is -0.378 e. The Morgan fingerprint density at radius 2 is 2.37 bits per heavy atom. The first-order valence-corrected chi connectivity index (χ1v) is 9.34. The van der Waals surface area contributed by atoms with Crippen LogP contribution < -0.4 is 11.1 Å². The van der Waals surface area contributed by atoms with Crippen LogP contribution in [-0.4, -0.2) is 59.2 Å². The molecule has 1 unspecified atom stereocenters. The summed E-state index contributed by atoms with van der Waals surface area (Å²) in [5.41, 5.74) is 8.30. The number of hydrogen-bond donors (Lipinski definition) is 3. The molecule has 1 fully saturated rings. The number of halogens is 1. The largest absolute Gasteiger partial charge is 0.378 e. The number of morpholine rings is 1. The van der Waals surface area contributed by atoms with Crippen LogP contribution in [0.5, 0.6) is 0 Å². The third-order valence-corrected chi connectivity index (χ3v) is 5.01. The Kier molecular flexibility index (Phi) is 5.01. The molecule has 2 atom stereocenters. The van der Waals surface area contributed by atoms with E-state index in [9.17, 15) is 4.79 Å². The normalized spacial score (nSPS) is 19.4. The van der Waals surface area contributed by atoms with Crippen molar-refractivity contribution in [1.82, 2.24) is 14.9 Å². The molecule has 4 N–H and O–H groups in total. The number of nitrogens with one attached hydrogen (secondary N) is 2. The van der Waals surface area contributed by atoms with Gasteiger partial charge in [0, 0.05) is 41.1 Å². The van der Waals surface area contributed by atoms with Crippen molar-refractivity contribution >= 4 is 45.0 Å². The van der Waals surface area contributed by atoms with Crippen molar-refractivity contribution in [2.45, 2.75) is 19.0 Å². The average Bonchev–Trinajstić information content (AvgIpc) is 3.00. The number of carbonyl (C=O) groups excluding carboxylic acids is 1. The molecule has 0 bridgehead atoms. The molecule has 2 aromatic heterocycles. The highest BCUT2D eigenvalue weighted by molar-refractivity contribution is 6.32. The minimum atomic E-state index is -0.384. The number of fused-ring (bicyclic) bond motifs is 3. The van der Waals surface area contributed by atoms with Gasteiger partial charge in [0.05, 0.1) is 36.1 Å². The summed E-state index contributed by atoms with van der Waals surface area (Å²) in [6.45, 7) is 4.21. The number of pyridine rings is 1. The Morgan fingerprint density at radius 3 is 3.19 bits per heavy atom. The van der Waals surface area contributed by atoms with E-state index in [0.29, 0.717) is 37.0 Å². The van der Waals surface area contributed by atoms with Crippen molar-refractivity contribution in [2.24, 2.45) is 5.73 Å². The van der Waals surface area contributed by atoms with E-state index in [2.05, 4.69) is 20.2 Å². The fourth-order valence-electron chi connectivity index (χ4n) is 3.60. The summed E-state index contributed by atoms with van der Waals surface area (Å²) in [5, 5.41) is 5.54. The van der Waals surface area contributed by atoms with E-state index in [-0.39, 0.29) is 18.0 Å². The standard InChI is InChI=1S/C19H22ClN5O2/c1-11(21)9-25-4-5-27-10-17(25)19(26)24-15-7-12(20)6-14-13-2-3-22-8-16(13)23-18(14)15/h2-3,6-8,11,17,23H,4-5,9-10,21H2,1H3,(H,24,26)/t11-,17?/m1/s1. The van der Waals surface area contributed by atoms with Crippen LogP contribution in [0, 0.1) is 0 Å². The molecule has 1 aromatic carbocycles. The topological polar surface area (TPSA) is 96.3 Å². The summed E-state index contributed by atoms with van der Waals surface area (Å²) in [6, 6.07) is 5.17. The summed E-state index contributed by atoms with van der Waals surface area (Å²) in [5.74, 6) is -0.129. The van der Waals surface area contributed by atoms with Crippen LogP contribution in [0.3, 0.4) is 0 Å². The zero-order valence-electron chi connectivity index (χ0n) is 15.0. The lowest BCUT2D eigenvalue weighted by Gasteiger charge is -2.35. The van der Waals surface area contributed by atoms with Gasteiger partial charge in [-0.05, 0) is 25.1 Å². The Hall–Kier alpha value is -2.19. The van der Waals surface area contributed by atoms with Gasteiger partial charge in [0.1, 0.15) is 6.04 Å². The first kappa shape index (κ1) is 18.2. The van der Waals surface area contributed by atoms with Crippen molar-refractivity contribution in [3.05, 3.63) is 35.6 Å². The van der Waals surface area contributed by atoms with Gasteiger partial charge in [-0.1, -0.05) is 11.6 Å². The number of ether oxygens (including phenoxy) is 1. The summed E-state index contributed by atoms with van der Waals surface area (Å²) < 4.78 is 5.53. The molecule has 1 amide bonds. The molecule has 1 aliphatic heterocycles. The van der Waals surface area contributed by atoms with E-state index in [4.69, 9.17) is 22.1 Å². The number of rotatable bonds is 4. The Balaban J connectivity index is 1.67. The van der Waals surface area contributed by atoms with Crippen molar-refractivity contribution in [3.63, 3.8) is 0 Å². The average molecular weight is 388 g/mol. The lowest BCUT2D eigenvalue weighted by Crippen LogP contribution is -2.54. The highest BCUT2D eigenvalue weighted by atomic mass is 35.5. The molecule has 0 aliphatic carbocycles. The lowest BCUT2D eigenvalue weighted by molar-refractivity contribution is -0.127. The molecule has 7 nitrogen and oxygen atoms in total. The SMILES string of the molecule is C[C@@H](N)CN1CCOCC1C(=O)Nc1cc(Cl)cc2c1[nH]c1cnccc12. The second kappa shape index (κ2) is 7.44. The zero-order chi connectivity index (χ0) is 19.0. The molecule has 0 saturated carbocycles. The Morgan fingerprint density at radius 1 is 1.52 bits per heavy atom. The quantitative estimate of drug-likeness (QED) is 0.638. The van der Waals surface area contributed by atoms with Gasteiger partial charge >= 0.3 is 0 Å². The number of anilines is 1. The fraction of sp³-hybridized carbons (Fsp3) is 0.368. The van der Waals surface area contributed by atoms with Gasteiger partial charge in [-0.25, -0.2) is 0 Å². The molecule has 1 saturated heterocycles. The van der Waals surface area contributed by atoms with Crippen LogP contribution in [0.1, 0.15) is 6.92 Å². The second-order valence-electron chi connectivity index (χ2n) is 6.97. The Labute approximate surface area is 161 Å². The fourth-order valence-corrected chi connectivity index (χ4v) is 3.82. The van der Waals surface area contributed by atoms with Crippen LogP contribution in [-0.2, 0) is 9.53 Å². The van der Waals surface area contributed by atoms with Gasteiger partial charge in [0.2, 0.25) is 5.91 Å². The molecule has 0 radical (unpaired) electrons. The molecule has 0 spiro atoms. The highest BCUT2D eigenvalue weighted by Crippen LogP contribution is 2.33. The van der Waals surface area contributed by atoms with Crippen molar-refractivity contribution in [1.29, 1.82) is 0 Å². The molecule has 27 heavy (non-hydrogen) atoms. The number of aromatic nitrogens is 2. The van der Waals surface area contributed by atoms with Gasteiger partial charge in [0.15, 0.2) is 0 Å². The molecule has 142 valence electrons. The smallest absolute Gasteiger partial charge is 0.244 e. The first-order valence-electron chi connectivity index (χ1n) is 8.96. The van der Waals surface area contributed by atoms with Gasteiger partial charge in [-0.15, -0.1) is 0 Å². The summed E-state index contributed by atoms with van der Waals surface area (Å²) in [7, 11) is 0. The van der Waals surface area contributed by atoms with Crippen LogP contribution in [0.15, 0.2) is 30.6 Å². The van der Waals surface area contributed by atoms with Crippen LogP contribution in [0.2, 0.25) is 5.02 Å². The van der Waals surface area contributed by atoms with Crippen molar-refractivity contribution in [3.8, 4) is 0 Å². The number of amides is 1. The predicted molar refractivity (Wildman–Crippen MR) is 107 cm³/mol. The number of nitrogens with zero attached hydrogens (tertiary/aromatic N) is 2. The number of aromatic amines is 1. The second-order valence-corrected chi connectivity index (χ2v) is 7.41. The molecular formula is C19H22ClN5O2. The highest BCUT2D eigenvalue weighted by Gasteiger charge is 2.30. The summed E-state index contributed by atoms with van der Waals surface area (Å²) in [4.78, 5) is 22.5. The van der Waals surface area contributed by atoms with Crippen LogP contribution in [0.4, 0.5) is 5.69 Å². The van der Waals surface area contributed by atoms with Gasteiger partial charge in [0.25, 0.3) is 0 Å². The number of carbonyl (C=O) groups is 1. The molecule has 3 heterocycles. The summed E-state index contributed by atoms with van der Waals surface area (Å²) >= 11 is 6.32. The van der Waals surface area contributed by atoms with E-state index in [1.165, 1.54) is 0 Å². The van der Waals surface area contributed by atoms with E-state index < -0.39 is 0 Å². The van der Waals surface area contributed by atoms with Crippen molar-refractivity contribution in [2.75, 3.05) is 31.6 Å². The zero-order valence-corrected chi connectivity index (χ0v) is 15.8.